The van der Waals surface area contributed by atoms with Crippen LogP contribution >= 0.6 is 0 Å². The first-order valence-electron chi connectivity index (χ1n) is 8.72. The molecule has 1 N–H and O–H groups in total. The molecule has 1 aliphatic carbocycles. The molecular formula is C19H23FN2O3. The van der Waals surface area contributed by atoms with Gasteiger partial charge in [-0.25, -0.2) is 4.39 Å². The molecule has 0 saturated heterocycles. The second-order valence-electron chi connectivity index (χ2n) is 6.25. The quantitative estimate of drug-likeness (QED) is 0.579. The molecule has 1 aromatic rings. The van der Waals surface area contributed by atoms with E-state index in [2.05, 4.69) is 5.32 Å². The molecule has 25 heavy (non-hydrogen) atoms. The van der Waals surface area contributed by atoms with Crippen molar-refractivity contribution in [1.82, 2.24) is 5.32 Å². The third-order valence-corrected chi connectivity index (χ3v) is 4.33. The van der Waals surface area contributed by atoms with Crippen LogP contribution in [0.4, 0.5) is 4.39 Å². The maximum atomic E-state index is 13.4. The SMILES string of the molecule is N#CC(C(=O)CCCOc1ccccc1F)C(=O)NC1CCCCC1. The minimum absolute atomic E-state index is 0.0464. The summed E-state index contributed by atoms with van der Waals surface area (Å²) in [6, 6.07) is 7.88. The highest BCUT2D eigenvalue weighted by Crippen LogP contribution is 2.18. The van der Waals surface area contributed by atoms with Crippen molar-refractivity contribution < 1.29 is 18.7 Å². The number of hydrogen-bond acceptors (Lipinski definition) is 4. The van der Waals surface area contributed by atoms with Crippen molar-refractivity contribution in [3.63, 3.8) is 0 Å². The van der Waals surface area contributed by atoms with E-state index in [0.29, 0.717) is 6.42 Å². The Hall–Kier alpha value is -2.42. The van der Waals surface area contributed by atoms with Crippen LogP contribution in [-0.2, 0) is 9.59 Å². The first-order valence-corrected chi connectivity index (χ1v) is 8.72. The molecular weight excluding hydrogens is 323 g/mol. The van der Waals surface area contributed by atoms with Crippen LogP contribution in [0.15, 0.2) is 24.3 Å². The number of nitrogens with one attached hydrogen (secondary N) is 1. The fourth-order valence-electron chi connectivity index (χ4n) is 2.94. The third kappa shape index (κ3) is 5.86. The van der Waals surface area contributed by atoms with Crippen molar-refractivity contribution in [1.29, 1.82) is 5.26 Å². The van der Waals surface area contributed by atoms with E-state index in [9.17, 15) is 14.0 Å². The fourth-order valence-corrected chi connectivity index (χ4v) is 2.94. The van der Waals surface area contributed by atoms with Crippen molar-refractivity contribution in [2.75, 3.05) is 6.61 Å². The molecule has 1 atom stereocenters. The maximum Gasteiger partial charge on any atom is 0.245 e. The zero-order valence-electron chi connectivity index (χ0n) is 14.2. The minimum Gasteiger partial charge on any atom is -0.491 e. The van der Waals surface area contributed by atoms with Crippen LogP contribution < -0.4 is 10.1 Å². The summed E-state index contributed by atoms with van der Waals surface area (Å²) in [7, 11) is 0. The van der Waals surface area contributed by atoms with Crippen LogP contribution in [0.3, 0.4) is 0 Å². The summed E-state index contributed by atoms with van der Waals surface area (Å²) >= 11 is 0. The average molecular weight is 346 g/mol. The molecule has 0 heterocycles. The topological polar surface area (TPSA) is 79.2 Å². The zero-order valence-corrected chi connectivity index (χ0v) is 14.2. The van der Waals surface area contributed by atoms with E-state index in [-0.39, 0.29) is 24.8 Å². The van der Waals surface area contributed by atoms with Gasteiger partial charge in [0.2, 0.25) is 5.91 Å². The van der Waals surface area contributed by atoms with Crippen LogP contribution in [0.25, 0.3) is 0 Å². The van der Waals surface area contributed by atoms with Gasteiger partial charge < -0.3 is 10.1 Å². The van der Waals surface area contributed by atoms with Gasteiger partial charge in [0.25, 0.3) is 0 Å². The van der Waals surface area contributed by atoms with Crippen LogP contribution in [0.5, 0.6) is 5.75 Å². The number of Topliss-reactive ketones (excluding diaryl/α,β-unsaturated/α-hetero) is 1. The van der Waals surface area contributed by atoms with Gasteiger partial charge in [-0.1, -0.05) is 31.4 Å². The standard InChI is InChI=1S/C19H23FN2O3/c20-16-9-4-5-11-18(16)25-12-6-10-17(23)15(13-21)19(24)22-14-7-2-1-3-8-14/h4-5,9,11,14-15H,1-3,6-8,10,12H2,(H,22,24). The number of ketones is 1. The van der Waals surface area contributed by atoms with Gasteiger partial charge in [-0.3, -0.25) is 9.59 Å². The first-order chi connectivity index (χ1) is 12.1. The monoisotopic (exact) mass is 346 g/mol. The van der Waals surface area contributed by atoms with Gasteiger partial charge in [-0.15, -0.1) is 0 Å². The van der Waals surface area contributed by atoms with E-state index in [4.69, 9.17) is 10.00 Å². The number of nitrogens with zero attached hydrogens (tertiary/aromatic N) is 1. The summed E-state index contributed by atoms with van der Waals surface area (Å²) in [5.41, 5.74) is 0. The smallest absolute Gasteiger partial charge is 0.245 e. The Morgan fingerprint density at radius 1 is 1.28 bits per heavy atom. The Labute approximate surface area is 147 Å². The van der Waals surface area contributed by atoms with E-state index in [1.54, 1.807) is 18.2 Å². The van der Waals surface area contributed by atoms with Gasteiger partial charge in [-0.2, -0.15) is 5.26 Å². The molecule has 1 aromatic carbocycles. The fraction of sp³-hybridized carbons (Fsp3) is 0.526. The van der Waals surface area contributed by atoms with E-state index < -0.39 is 23.4 Å². The number of rotatable bonds is 8. The molecule has 1 unspecified atom stereocenters. The van der Waals surface area contributed by atoms with Crippen LogP contribution in [0.1, 0.15) is 44.9 Å². The second kappa shape index (κ2) is 9.77. The molecule has 0 bridgehead atoms. The molecule has 134 valence electrons. The second-order valence-corrected chi connectivity index (χ2v) is 6.25. The van der Waals surface area contributed by atoms with Crippen LogP contribution in [0.2, 0.25) is 0 Å². The lowest BCUT2D eigenvalue weighted by Crippen LogP contribution is -2.42. The summed E-state index contributed by atoms with van der Waals surface area (Å²) in [4.78, 5) is 24.3. The van der Waals surface area contributed by atoms with Crippen molar-refractivity contribution >= 4 is 11.7 Å². The molecule has 1 saturated carbocycles. The van der Waals surface area contributed by atoms with Gasteiger partial charge in [0.05, 0.1) is 12.7 Å². The molecule has 0 radical (unpaired) electrons. The van der Waals surface area contributed by atoms with E-state index in [0.717, 1.165) is 32.1 Å². The van der Waals surface area contributed by atoms with Crippen molar-refractivity contribution in [2.24, 2.45) is 5.92 Å². The maximum absolute atomic E-state index is 13.4. The molecule has 2 rings (SSSR count). The normalized spacial score (nSPS) is 15.8. The van der Waals surface area contributed by atoms with Gasteiger partial charge in [0, 0.05) is 12.5 Å². The van der Waals surface area contributed by atoms with E-state index in [1.165, 1.54) is 12.1 Å². The average Bonchev–Trinajstić information content (AvgIpc) is 2.61. The minimum atomic E-state index is -1.28. The van der Waals surface area contributed by atoms with Crippen LogP contribution in [0, 0.1) is 23.1 Å². The molecule has 0 spiro atoms. The Bertz CT molecular complexity index is 636. The number of benzene rings is 1. The number of hydrogen-bond donors (Lipinski definition) is 1. The molecule has 0 aromatic heterocycles. The molecule has 6 heteroatoms. The number of amides is 1. The predicted molar refractivity (Wildman–Crippen MR) is 90.3 cm³/mol. The number of nitriles is 1. The lowest BCUT2D eigenvalue weighted by atomic mass is 9.94. The summed E-state index contributed by atoms with van der Waals surface area (Å²) in [5, 5.41) is 12.0. The number of halogens is 1. The summed E-state index contributed by atoms with van der Waals surface area (Å²) in [6.45, 7) is 0.148. The van der Waals surface area contributed by atoms with Gasteiger partial charge in [0.1, 0.15) is 0 Å². The largest absolute Gasteiger partial charge is 0.491 e. The first kappa shape index (κ1) is 18.9. The summed E-state index contributed by atoms with van der Waals surface area (Å²) in [6.07, 6.45) is 5.44. The molecule has 0 aliphatic heterocycles. The Kier molecular flexibility index (Phi) is 7.39. The molecule has 1 fully saturated rings. The molecule has 1 amide bonds. The highest BCUT2D eigenvalue weighted by molar-refractivity contribution is 6.04. The summed E-state index contributed by atoms with van der Waals surface area (Å²) in [5.74, 6) is -2.55. The van der Waals surface area contributed by atoms with Gasteiger partial charge in [0.15, 0.2) is 23.3 Å². The van der Waals surface area contributed by atoms with Gasteiger partial charge >= 0.3 is 0 Å². The van der Waals surface area contributed by atoms with Crippen molar-refractivity contribution in [2.45, 2.75) is 51.0 Å². The number of ether oxygens (including phenoxy) is 1. The Morgan fingerprint density at radius 3 is 2.68 bits per heavy atom. The van der Waals surface area contributed by atoms with Gasteiger partial charge in [-0.05, 0) is 31.4 Å². The lowest BCUT2D eigenvalue weighted by Gasteiger charge is -2.23. The molecule has 1 aliphatic rings. The number of para-hydroxylation sites is 1. The van der Waals surface area contributed by atoms with E-state index in [1.807, 2.05) is 0 Å². The predicted octanol–water partition coefficient (Wildman–Crippen LogP) is 3.14. The highest BCUT2D eigenvalue weighted by Gasteiger charge is 2.28. The van der Waals surface area contributed by atoms with Crippen molar-refractivity contribution in [3.8, 4) is 11.8 Å². The third-order valence-electron chi connectivity index (χ3n) is 4.33. The molecule has 5 nitrogen and oxygen atoms in total. The number of carbonyl (C=O) groups is 2. The Morgan fingerprint density at radius 2 is 2.00 bits per heavy atom. The summed E-state index contributed by atoms with van der Waals surface area (Å²) < 4.78 is 18.7. The van der Waals surface area contributed by atoms with E-state index >= 15 is 0 Å². The lowest BCUT2D eigenvalue weighted by molar-refractivity contribution is -0.132. The zero-order chi connectivity index (χ0) is 18.1. The Balaban J connectivity index is 1.74. The number of carbonyl (C=O) groups excluding carboxylic acids is 2. The highest BCUT2D eigenvalue weighted by atomic mass is 19.1. The van der Waals surface area contributed by atoms with Crippen molar-refractivity contribution in [3.05, 3.63) is 30.1 Å². The van der Waals surface area contributed by atoms with Crippen LogP contribution in [-0.4, -0.2) is 24.3 Å².